The topological polar surface area (TPSA) is 143 Å². The molecule has 1 saturated heterocycles. The van der Waals surface area contributed by atoms with Crippen molar-refractivity contribution in [1.29, 1.82) is 0 Å². The molecule has 3 heterocycles. The van der Waals surface area contributed by atoms with Crippen LogP contribution >= 0.6 is 0 Å². The van der Waals surface area contributed by atoms with Gasteiger partial charge in [-0.25, -0.2) is 18.7 Å². The van der Waals surface area contributed by atoms with Crippen molar-refractivity contribution in [1.82, 2.24) is 15.0 Å². The number of carbonyl (C=O) groups is 1. The van der Waals surface area contributed by atoms with Crippen LogP contribution < -0.4 is 21.7 Å². The Hall–Kier alpha value is -3.70. The number of piperidine rings is 1. The van der Waals surface area contributed by atoms with Crippen LogP contribution in [0.1, 0.15) is 47.1 Å². The van der Waals surface area contributed by atoms with E-state index in [0.29, 0.717) is 30.8 Å². The van der Waals surface area contributed by atoms with Gasteiger partial charge in [0.2, 0.25) is 0 Å². The predicted molar refractivity (Wildman–Crippen MR) is 127 cm³/mol. The Kier molecular flexibility index (Phi) is 6.03. The van der Waals surface area contributed by atoms with Gasteiger partial charge in [0.05, 0.1) is 46.8 Å². The van der Waals surface area contributed by atoms with E-state index in [1.165, 1.54) is 12.3 Å². The van der Waals surface area contributed by atoms with Crippen molar-refractivity contribution >= 4 is 23.1 Å². The molecule has 1 aliphatic heterocycles. The highest BCUT2D eigenvalue weighted by Crippen LogP contribution is 2.41. The number of carbonyl (C=O) groups excluding carboxylic acids is 1. The molecule has 0 saturated carbocycles. The van der Waals surface area contributed by atoms with E-state index in [2.05, 4.69) is 25.2 Å². The molecule has 1 amide bonds. The summed E-state index contributed by atoms with van der Waals surface area (Å²) in [6.45, 7) is 1.34. The van der Waals surface area contributed by atoms with E-state index in [1.54, 1.807) is 0 Å². The van der Waals surface area contributed by atoms with Crippen molar-refractivity contribution in [3.8, 4) is 11.3 Å². The average molecular weight is 482 g/mol. The van der Waals surface area contributed by atoms with Crippen LogP contribution in [0.15, 0.2) is 30.6 Å². The highest BCUT2D eigenvalue weighted by Gasteiger charge is 2.31. The summed E-state index contributed by atoms with van der Waals surface area (Å²) in [5.74, 6) is -2.55. The molecule has 5 rings (SSSR count). The molecule has 0 spiro atoms. The van der Waals surface area contributed by atoms with E-state index >= 15 is 0 Å². The minimum Gasteiger partial charge on any atom is -0.387 e. The second-order valence-corrected chi connectivity index (χ2v) is 8.83. The number of halogens is 2. The number of amides is 1. The van der Waals surface area contributed by atoms with Crippen LogP contribution in [0.2, 0.25) is 0 Å². The Morgan fingerprint density at radius 3 is 2.69 bits per heavy atom. The van der Waals surface area contributed by atoms with Gasteiger partial charge in [-0.3, -0.25) is 9.78 Å². The largest absolute Gasteiger partial charge is 0.387 e. The van der Waals surface area contributed by atoms with Gasteiger partial charge in [0.15, 0.2) is 11.5 Å². The van der Waals surface area contributed by atoms with Gasteiger partial charge in [0.25, 0.3) is 5.91 Å². The molecule has 3 aromatic rings. The van der Waals surface area contributed by atoms with E-state index in [4.69, 9.17) is 11.5 Å². The fourth-order valence-corrected chi connectivity index (χ4v) is 4.78. The summed E-state index contributed by atoms with van der Waals surface area (Å²) < 4.78 is 28.6. The molecule has 2 atom stereocenters. The Morgan fingerprint density at radius 2 is 1.94 bits per heavy atom. The fourth-order valence-electron chi connectivity index (χ4n) is 4.78. The Balaban J connectivity index is 1.52. The van der Waals surface area contributed by atoms with Gasteiger partial charge in [-0.1, -0.05) is 6.07 Å². The van der Waals surface area contributed by atoms with Crippen molar-refractivity contribution in [3.05, 3.63) is 59.2 Å². The maximum atomic E-state index is 14.3. The van der Waals surface area contributed by atoms with E-state index in [-0.39, 0.29) is 23.2 Å². The molecule has 2 aliphatic rings. The number of aliphatic hydroxyl groups excluding tert-OH is 1. The number of pyridine rings is 1. The number of rotatable bonds is 4. The first-order valence-corrected chi connectivity index (χ1v) is 11.4. The SMILES string of the molecule is Nc1ncc(-c2c(F)cccc2F)nc1C(=O)Nc1cnc2c(c1N1CCCC(N)C1)CCC2O. The molecule has 2 unspecified atom stereocenters. The number of aromatic nitrogens is 3. The van der Waals surface area contributed by atoms with Gasteiger partial charge in [0.1, 0.15) is 11.6 Å². The summed E-state index contributed by atoms with van der Waals surface area (Å²) in [5, 5.41) is 13.1. The second-order valence-electron chi connectivity index (χ2n) is 8.83. The van der Waals surface area contributed by atoms with Crippen molar-refractivity contribution in [3.63, 3.8) is 0 Å². The smallest absolute Gasteiger partial charge is 0.278 e. The number of nitrogens with one attached hydrogen (secondary N) is 1. The number of nitrogen functional groups attached to an aromatic ring is 1. The Labute approximate surface area is 200 Å². The third kappa shape index (κ3) is 4.28. The first kappa shape index (κ1) is 23.1. The van der Waals surface area contributed by atoms with E-state index < -0.39 is 29.2 Å². The van der Waals surface area contributed by atoms with Gasteiger partial charge >= 0.3 is 0 Å². The molecule has 1 fully saturated rings. The lowest BCUT2D eigenvalue weighted by molar-refractivity contribution is 0.102. The first-order valence-electron chi connectivity index (χ1n) is 11.4. The van der Waals surface area contributed by atoms with Crippen LogP contribution in [0.25, 0.3) is 11.3 Å². The van der Waals surface area contributed by atoms with E-state index in [1.807, 2.05) is 0 Å². The summed E-state index contributed by atoms with van der Waals surface area (Å²) >= 11 is 0. The van der Waals surface area contributed by atoms with Crippen LogP contribution in [0.5, 0.6) is 0 Å². The molecule has 2 aromatic heterocycles. The number of nitrogens with zero attached hydrogens (tertiary/aromatic N) is 4. The number of nitrogens with two attached hydrogens (primary N) is 2. The highest BCUT2D eigenvalue weighted by atomic mass is 19.1. The zero-order chi connectivity index (χ0) is 24.7. The van der Waals surface area contributed by atoms with Crippen molar-refractivity contribution in [2.45, 2.75) is 37.8 Å². The summed E-state index contributed by atoms with van der Waals surface area (Å²) in [7, 11) is 0. The summed E-state index contributed by atoms with van der Waals surface area (Å²) in [6, 6.07) is 3.40. The molecular weight excluding hydrogens is 456 g/mol. The van der Waals surface area contributed by atoms with Crippen LogP contribution in [0.3, 0.4) is 0 Å². The normalized spacial score (nSPS) is 19.5. The zero-order valence-electron chi connectivity index (χ0n) is 18.8. The molecule has 6 N–H and O–H groups in total. The second kappa shape index (κ2) is 9.16. The average Bonchev–Trinajstić information content (AvgIpc) is 3.20. The van der Waals surface area contributed by atoms with E-state index in [9.17, 15) is 18.7 Å². The molecule has 11 heteroatoms. The summed E-state index contributed by atoms with van der Waals surface area (Å²) in [4.78, 5) is 27.8. The number of aliphatic hydroxyl groups is 1. The van der Waals surface area contributed by atoms with Gasteiger partial charge in [-0.15, -0.1) is 0 Å². The third-order valence-corrected chi connectivity index (χ3v) is 6.42. The highest BCUT2D eigenvalue weighted by molar-refractivity contribution is 6.07. The summed E-state index contributed by atoms with van der Waals surface area (Å²) in [5.41, 5.74) is 13.9. The van der Waals surface area contributed by atoms with Crippen LogP contribution in [0, 0.1) is 11.6 Å². The van der Waals surface area contributed by atoms with E-state index in [0.717, 1.165) is 49.0 Å². The van der Waals surface area contributed by atoms with Crippen molar-refractivity contribution < 1.29 is 18.7 Å². The van der Waals surface area contributed by atoms with Crippen LogP contribution in [-0.2, 0) is 6.42 Å². The fraction of sp³-hybridized carbons (Fsp3) is 0.333. The molecule has 0 bridgehead atoms. The Morgan fingerprint density at radius 1 is 1.17 bits per heavy atom. The standard InChI is InChI=1S/C24H25F2N7O2/c25-14-4-1-5-15(26)19(14)16-9-30-23(28)21(31-16)24(35)32-17-10-29-20-13(6-7-18(20)34)22(17)33-8-2-3-12(27)11-33/h1,4-5,9-10,12,18,34H,2-3,6-8,11,27H2,(H2,28,30)(H,32,35). The third-order valence-electron chi connectivity index (χ3n) is 6.42. The van der Waals surface area contributed by atoms with Gasteiger partial charge in [-0.05, 0) is 37.8 Å². The van der Waals surface area contributed by atoms with Gasteiger partial charge in [-0.2, -0.15) is 0 Å². The van der Waals surface area contributed by atoms with Crippen LogP contribution in [0.4, 0.5) is 26.0 Å². The minimum atomic E-state index is -0.833. The number of benzene rings is 1. The maximum Gasteiger partial charge on any atom is 0.278 e. The zero-order valence-corrected chi connectivity index (χ0v) is 18.8. The molecule has 1 aromatic carbocycles. The molecule has 182 valence electrons. The molecule has 9 nitrogen and oxygen atoms in total. The molecule has 0 radical (unpaired) electrons. The number of fused-ring (bicyclic) bond motifs is 1. The lowest BCUT2D eigenvalue weighted by atomic mass is 10.0. The molecule has 35 heavy (non-hydrogen) atoms. The quantitative estimate of drug-likeness (QED) is 0.445. The van der Waals surface area contributed by atoms with Gasteiger partial charge < -0.3 is 26.8 Å². The monoisotopic (exact) mass is 481 g/mol. The lowest BCUT2D eigenvalue weighted by Crippen LogP contribution is -2.43. The van der Waals surface area contributed by atoms with Crippen molar-refractivity contribution in [2.75, 3.05) is 29.0 Å². The van der Waals surface area contributed by atoms with Gasteiger partial charge in [0, 0.05) is 24.7 Å². The minimum absolute atomic E-state index is 0.0173. The lowest BCUT2D eigenvalue weighted by Gasteiger charge is -2.35. The molecule has 1 aliphatic carbocycles. The van der Waals surface area contributed by atoms with Crippen molar-refractivity contribution in [2.24, 2.45) is 5.73 Å². The number of hydrogen-bond acceptors (Lipinski definition) is 8. The molecular formula is C24H25F2N7O2. The first-order chi connectivity index (χ1) is 16.8. The predicted octanol–water partition coefficient (Wildman–Crippen LogP) is 2.56. The maximum absolute atomic E-state index is 14.3. The summed E-state index contributed by atoms with van der Waals surface area (Å²) in [6.07, 6.45) is 4.89. The Bertz CT molecular complexity index is 1280. The number of hydrogen-bond donors (Lipinski definition) is 4. The number of anilines is 3. The van der Waals surface area contributed by atoms with Crippen LogP contribution in [-0.4, -0.2) is 45.1 Å².